The molecule has 0 saturated heterocycles. The van der Waals surface area contributed by atoms with Crippen LogP contribution in [0.3, 0.4) is 0 Å². The maximum atomic E-state index is 11.1. The Balaban J connectivity index is 2.43. The lowest BCUT2D eigenvalue weighted by Crippen LogP contribution is -2.04. The Bertz CT molecular complexity index is 555. The van der Waals surface area contributed by atoms with Crippen molar-refractivity contribution in [2.24, 2.45) is 5.92 Å². The van der Waals surface area contributed by atoms with Gasteiger partial charge in [-0.15, -0.1) is 0 Å². The van der Waals surface area contributed by atoms with Crippen LogP contribution in [0.15, 0.2) is 30.5 Å². The van der Waals surface area contributed by atoms with Crippen molar-refractivity contribution in [3.8, 4) is 11.3 Å². The van der Waals surface area contributed by atoms with Crippen LogP contribution in [-0.4, -0.2) is 16.1 Å². The van der Waals surface area contributed by atoms with Gasteiger partial charge in [-0.05, 0) is 18.9 Å². The van der Waals surface area contributed by atoms with Gasteiger partial charge in [0.05, 0.1) is 5.56 Å². The predicted molar refractivity (Wildman–Crippen MR) is 72.6 cm³/mol. The molecule has 0 aliphatic rings. The fourth-order valence-corrected chi connectivity index (χ4v) is 2.01. The fraction of sp³-hybridized carbons (Fsp3) is 0.333. The summed E-state index contributed by atoms with van der Waals surface area (Å²) in [5, 5.41) is 4.52. The van der Waals surface area contributed by atoms with Crippen LogP contribution in [0, 0.1) is 12.8 Å². The molecule has 0 saturated carbocycles. The van der Waals surface area contributed by atoms with Gasteiger partial charge in [-0.1, -0.05) is 37.6 Å². The summed E-state index contributed by atoms with van der Waals surface area (Å²) in [7, 11) is 0. The predicted octanol–water partition coefficient (Wildman–Crippen LogP) is 3.33. The van der Waals surface area contributed by atoms with E-state index in [1.807, 2.05) is 36.0 Å². The Hall–Kier alpha value is -1.90. The molecule has 94 valence electrons. The molecule has 0 bridgehead atoms. The Morgan fingerprint density at radius 1 is 1.39 bits per heavy atom. The average Bonchev–Trinajstić information content (AvgIpc) is 2.71. The molecule has 0 N–H and O–H groups in total. The standard InChI is InChI=1S/C15H18N2O/c1-11(2)8-17-9-14(10-18)15(16-17)13-6-4-5-12(3)7-13/h4-7,9-11H,8H2,1-3H3. The quantitative estimate of drug-likeness (QED) is 0.771. The van der Waals surface area contributed by atoms with Crippen molar-refractivity contribution >= 4 is 6.29 Å². The molecule has 2 rings (SSSR count). The van der Waals surface area contributed by atoms with Gasteiger partial charge in [-0.3, -0.25) is 9.48 Å². The molecular weight excluding hydrogens is 224 g/mol. The van der Waals surface area contributed by atoms with Crippen molar-refractivity contribution < 1.29 is 4.79 Å². The van der Waals surface area contributed by atoms with Crippen LogP contribution in [0.5, 0.6) is 0 Å². The van der Waals surface area contributed by atoms with Gasteiger partial charge in [-0.25, -0.2) is 0 Å². The summed E-state index contributed by atoms with van der Waals surface area (Å²) in [6.07, 6.45) is 2.70. The molecule has 1 heterocycles. The largest absolute Gasteiger partial charge is 0.298 e. The van der Waals surface area contributed by atoms with Gasteiger partial charge in [0.1, 0.15) is 5.69 Å². The second-order valence-corrected chi connectivity index (χ2v) is 5.04. The van der Waals surface area contributed by atoms with Gasteiger partial charge < -0.3 is 0 Å². The lowest BCUT2D eigenvalue weighted by atomic mass is 10.1. The molecule has 0 fully saturated rings. The Kier molecular flexibility index (Phi) is 3.60. The van der Waals surface area contributed by atoms with Crippen molar-refractivity contribution in [3.63, 3.8) is 0 Å². The van der Waals surface area contributed by atoms with Crippen LogP contribution >= 0.6 is 0 Å². The van der Waals surface area contributed by atoms with Crippen LogP contribution in [0.1, 0.15) is 29.8 Å². The Labute approximate surface area is 107 Å². The first kappa shape index (κ1) is 12.6. The normalized spacial score (nSPS) is 10.9. The number of nitrogens with zero attached hydrogens (tertiary/aromatic N) is 2. The summed E-state index contributed by atoms with van der Waals surface area (Å²) >= 11 is 0. The van der Waals surface area contributed by atoms with E-state index in [-0.39, 0.29) is 0 Å². The monoisotopic (exact) mass is 242 g/mol. The number of carbonyl (C=O) groups is 1. The van der Waals surface area contributed by atoms with Gasteiger partial charge >= 0.3 is 0 Å². The summed E-state index contributed by atoms with van der Waals surface area (Å²) < 4.78 is 1.85. The van der Waals surface area contributed by atoms with Crippen molar-refractivity contribution in [1.82, 2.24) is 9.78 Å². The van der Waals surface area contributed by atoms with E-state index in [0.29, 0.717) is 11.5 Å². The second kappa shape index (κ2) is 5.17. The van der Waals surface area contributed by atoms with E-state index in [1.165, 1.54) is 5.56 Å². The number of aryl methyl sites for hydroxylation is 1. The zero-order valence-electron chi connectivity index (χ0n) is 11.1. The topological polar surface area (TPSA) is 34.9 Å². The molecule has 0 aliphatic carbocycles. The van der Waals surface area contributed by atoms with E-state index in [1.54, 1.807) is 0 Å². The highest BCUT2D eigenvalue weighted by molar-refractivity contribution is 5.85. The van der Waals surface area contributed by atoms with Crippen molar-refractivity contribution in [2.75, 3.05) is 0 Å². The summed E-state index contributed by atoms with van der Waals surface area (Å²) in [5.74, 6) is 0.509. The van der Waals surface area contributed by atoms with Crippen molar-refractivity contribution in [2.45, 2.75) is 27.3 Å². The Morgan fingerprint density at radius 3 is 2.78 bits per heavy atom. The van der Waals surface area contributed by atoms with Crippen LogP contribution in [0.2, 0.25) is 0 Å². The third-order valence-electron chi connectivity index (χ3n) is 2.76. The van der Waals surface area contributed by atoms with E-state index in [4.69, 9.17) is 0 Å². The zero-order valence-corrected chi connectivity index (χ0v) is 11.1. The highest BCUT2D eigenvalue weighted by Crippen LogP contribution is 2.22. The maximum Gasteiger partial charge on any atom is 0.153 e. The number of rotatable bonds is 4. The van der Waals surface area contributed by atoms with E-state index >= 15 is 0 Å². The van der Waals surface area contributed by atoms with E-state index in [0.717, 1.165) is 24.1 Å². The Morgan fingerprint density at radius 2 is 2.17 bits per heavy atom. The minimum absolute atomic E-state index is 0.509. The first-order valence-electron chi connectivity index (χ1n) is 6.20. The molecule has 1 aromatic carbocycles. The van der Waals surface area contributed by atoms with Crippen molar-refractivity contribution in [3.05, 3.63) is 41.6 Å². The minimum Gasteiger partial charge on any atom is -0.298 e. The first-order chi connectivity index (χ1) is 8.60. The van der Waals surface area contributed by atoms with Gasteiger partial charge in [-0.2, -0.15) is 5.10 Å². The van der Waals surface area contributed by atoms with Gasteiger partial charge in [0, 0.05) is 18.3 Å². The molecule has 1 aromatic heterocycles. The van der Waals surface area contributed by atoms with E-state index in [9.17, 15) is 4.79 Å². The SMILES string of the molecule is Cc1cccc(-c2nn(CC(C)C)cc2C=O)c1. The molecule has 2 aromatic rings. The summed E-state index contributed by atoms with van der Waals surface area (Å²) in [6, 6.07) is 8.06. The molecule has 0 unspecified atom stereocenters. The highest BCUT2D eigenvalue weighted by atomic mass is 16.1. The van der Waals surface area contributed by atoms with Crippen molar-refractivity contribution in [1.29, 1.82) is 0 Å². The molecule has 0 aliphatic heterocycles. The number of benzene rings is 1. The third-order valence-corrected chi connectivity index (χ3v) is 2.76. The van der Waals surface area contributed by atoms with Gasteiger partial charge in [0.25, 0.3) is 0 Å². The molecule has 3 nitrogen and oxygen atoms in total. The lowest BCUT2D eigenvalue weighted by molar-refractivity contribution is 0.112. The minimum atomic E-state index is 0.509. The van der Waals surface area contributed by atoms with Crippen LogP contribution < -0.4 is 0 Å². The summed E-state index contributed by atoms with van der Waals surface area (Å²) in [5.41, 5.74) is 3.60. The lowest BCUT2D eigenvalue weighted by Gasteiger charge is -2.04. The molecule has 18 heavy (non-hydrogen) atoms. The van der Waals surface area contributed by atoms with Gasteiger partial charge in [0.15, 0.2) is 6.29 Å². The third kappa shape index (κ3) is 2.67. The molecule has 0 radical (unpaired) electrons. The second-order valence-electron chi connectivity index (χ2n) is 5.04. The fourth-order valence-electron chi connectivity index (χ4n) is 2.01. The maximum absolute atomic E-state index is 11.1. The van der Waals surface area contributed by atoms with Crippen LogP contribution in [0.25, 0.3) is 11.3 Å². The molecular formula is C15H18N2O. The van der Waals surface area contributed by atoms with E-state index in [2.05, 4.69) is 25.0 Å². The number of hydrogen-bond donors (Lipinski definition) is 0. The molecule has 0 spiro atoms. The highest BCUT2D eigenvalue weighted by Gasteiger charge is 2.11. The number of aromatic nitrogens is 2. The first-order valence-corrected chi connectivity index (χ1v) is 6.20. The summed E-state index contributed by atoms with van der Waals surface area (Å²) in [6.45, 7) is 7.13. The molecule has 3 heteroatoms. The summed E-state index contributed by atoms with van der Waals surface area (Å²) in [4.78, 5) is 11.1. The average molecular weight is 242 g/mol. The van der Waals surface area contributed by atoms with Crippen LogP contribution in [0.4, 0.5) is 0 Å². The number of aldehydes is 1. The van der Waals surface area contributed by atoms with E-state index < -0.39 is 0 Å². The number of carbonyl (C=O) groups excluding carboxylic acids is 1. The molecule has 0 atom stereocenters. The number of hydrogen-bond acceptors (Lipinski definition) is 2. The van der Waals surface area contributed by atoms with Gasteiger partial charge in [0.2, 0.25) is 0 Å². The molecule has 0 amide bonds. The smallest absolute Gasteiger partial charge is 0.153 e. The zero-order chi connectivity index (χ0) is 13.1. The van der Waals surface area contributed by atoms with Crippen LogP contribution in [-0.2, 0) is 6.54 Å².